The van der Waals surface area contributed by atoms with Gasteiger partial charge in [-0.1, -0.05) is 11.8 Å². The van der Waals surface area contributed by atoms with E-state index in [2.05, 4.69) is 15.5 Å². The Kier molecular flexibility index (Phi) is 5.52. The highest BCUT2D eigenvalue weighted by molar-refractivity contribution is 7.98. The minimum Gasteiger partial charge on any atom is -0.497 e. The number of fused-ring (bicyclic) bond motifs is 1. The number of hydrogen-bond donors (Lipinski definition) is 0. The number of aromatic nitrogens is 6. The van der Waals surface area contributed by atoms with Crippen LogP contribution < -0.4 is 9.47 Å². The van der Waals surface area contributed by atoms with Crippen LogP contribution in [0.1, 0.15) is 23.4 Å². The molecule has 0 unspecified atom stereocenters. The predicted molar refractivity (Wildman–Crippen MR) is 117 cm³/mol. The van der Waals surface area contributed by atoms with E-state index in [1.165, 1.54) is 35.2 Å². The largest absolute Gasteiger partial charge is 0.497 e. The molecule has 5 rings (SSSR count). The van der Waals surface area contributed by atoms with Crippen LogP contribution in [-0.2, 0) is 18.6 Å². The molecule has 2 aromatic heterocycles. The van der Waals surface area contributed by atoms with Crippen LogP contribution in [0.2, 0.25) is 0 Å². The minimum absolute atomic E-state index is 0.256. The maximum absolute atomic E-state index is 13.4. The van der Waals surface area contributed by atoms with Crippen molar-refractivity contribution in [3.8, 4) is 22.9 Å². The highest BCUT2D eigenvalue weighted by Crippen LogP contribution is 2.33. The zero-order chi connectivity index (χ0) is 22.1. The summed E-state index contributed by atoms with van der Waals surface area (Å²) in [5, 5.41) is 17.7. The first kappa shape index (κ1) is 20.5. The molecule has 0 radical (unpaired) electrons. The van der Waals surface area contributed by atoms with E-state index in [1.807, 2.05) is 22.9 Å². The Bertz CT molecular complexity index is 1250. The van der Waals surface area contributed by atoms with Gasteiger partial charge in [0.25, 0.3) is 0 Å². The predicted octanol–water partition coefficient (Wildman–Crippen LogP) is 3.79. The Morgan fingerprint density at radius 3 is 2.66 bits per heavy atom. The van der Waals surface area contributed by atoms with Crippen molar-refractivity contribution < 1.29 is 13.9 Å². The molecule has 0 saturated heterocycles. The van der Waals surface area contributed by atoms with Gasteiger partial charge in [0.05, 0.1) is 25.6 Å². The normalized spacial score (nSPS) is 12.7. The third-order valence-electron chi connectivity index (χ3n) is 5.48. The van der Waals surface area contributed by atoms with Gasteiger partial charge in [0.15, 0.2) is 0 Å². The lowest BCUT2D eigenvalue weighted by Gasteiger charge is -2.11. The van der Waals surface area contributed by atoms with Gasteiger partial charge >= 0.3 is 0 Å². The first-order chi connectivity index (χ1) is 15.7. The lowest BCUT2D eigenvalue weighted by molar-refractivity contribution is 0.399. The monoisotopic (exact) mass is 452 g/mol. The van der Waals surface area contributed by atoms with E-state index in [0.717, 1.165) is 30.6 Å². The summed E-state index contributed by atoms with van der Waals surface area (Å²) in [5.41, 5.74) is 5.02. The molecule has 1 aliphatic carbocycles. The number of thioether (sulfide) groups is 1. The van der Waals surface area contributed by atoms with Crippen LogP contribution in [0.25, 0.3) is 11.4 Å². The lowest BCUT2D eigenvalue weighted by Crippen LogP contribution is -2.03. The van der Waals surface area contributed by atoms with Gasteiger partial charge in [0.2, 0.25) is 5.16 Å². The van der Waals surface area contributed by atoms with Gasteiger partial charge in [0, 0.05) is 17.5 Å². The fourth-order valence-electron chi connectivity index (χ4n) is 3.94. The molecule has 10 heteroatoms. The molecule has 4 aromatic rings. The lowest BCUT2D eigenvalue weighted by atomic mass is 10.2. The first-order valence-electron chi connectivity index (χ1n) is 10.2. The maximum Gasteiger partial charge on any atom is 0.214 e. The van der Waals surface area contributed by atoms with Crippen molar-refractivity contribution in [3.63, 3.8) is 0 Å². The number of benzene rings is 2. The number of rotatable bonds is 7. The molecular weight excluding hydrogens is 431 g/mol. The number of tetrazole rings is 1. The fraction of sp³-hybridized carbons (Fsp3) is 0.273. The molecule has 0 spiro atoms. The summed E-state index contributed by atoms with van der Waals surface area (Å²) in [4.78, 5) is 0. The Morgan fingerprint density at radius 2 is 1.88 bits per heavy atom. The second-order valence-electron chi connectivity index (χ2n) is 7.31. The van der Waals surface area contributed by atoms with Crippen molar-refractivity contribution in [2.75, 3.05) is 14.2 Å². The quantitative estimate of drug-likeness (QED) is 0.395. The summed E-state index contributed by atoms with van der Waals surface area (Å²) in [6.07, 6.45) is 3.04. The van der Waals surface area contributed by atoms with E-state index < -0.39 is 0 Å². The molecular formula is C22H21FN6O2S. The van der Waals surface area contributed by atoms with Crippen LogP contribution in [0.3, 0.4) is 0 Å². The van der Waals surface area contributed by atoms with Gasteiger partial charge in [-0.3, -0.25) is 0 Å². The summed E-state index contributed by atoms with van der Waals surface area (Å²) in [5.74, 6) is 1.68. The summed E-state index contributed by atoms with van der Waals surface area (Å²) in [7, 11) is 3.22. The number of hydrogen-bond acceptors (Lipinski definition) is 7. The fourth-order valence-corrected chi connectivity index (χ4v) is 4.79. The molecule has 2 aromatic carbocycles. The maximum atomic E-state index is 13.4. The third-order valence-corrected chi connectivity index (χ3v) is 6.41. The Morgan fingerprint density at radius 1 is 1.03 bits per heavy atom. The summed E-state index contributed by atoms with van der Waals surface area (Å²) in [6.45, 7) is 0. The molecule has 8 nitrogen and oxygen atoms in total. The second-order valence-corrected chi connectivity index (χ2v) is 8.26. The molecule has 0 fully saturated rings. The van der Waals surface area contributed by atoms with E-state index in [0.29, 0.717) is 28.1 Å². The number of halogens is 1. The van der Waals surface area contributed by atoms with E-state index in [-0.39, 0.29) is 5.82 Å². The van der Waals surface area contributed by atoms with Crippen LogP contribution in [0.5, 0.6) is 11.5 Å². The molecule has 0 atom stereocenters. The molecule has 0 bridgehead atoms. The molecule has 1 aliphatic rings. The number of nitrogens with zero attached hydrogens (tertiary/aromatic N) is 6. The summed E-state index contributed by atoms with van der Waals surface area (Å²) >= 11 is 1.51. The first-order valence-corrected chi connectivity index (χ1v) is 11.2. The highest BCUT2D eigenvalue weighted by atomic mass is 32.2. The topological polar surface area (TPSA) is 79.9 Å². The van der Waals surface area contributed by atoms with Gasteiger partial charge in [-0.15, -0.1) is 5.10 Å². The van der Waals surface area contributed by atoms with Gasteiger partial charge in [0.1, 0.15) is 23.0 Å². The number of methoxy groups -OCH3 is 2. The average Bonchev–Trinajstić information content (AvgIpc) is 3.55. The van der Waals surface area contributed by atoms with Gasteiger partial charge in [-0.25, -0.2) is 9.07 Å². The molecule has 164 valence electrons. The van der Waals surface area contributed by atoms with Crippen molar-refractivity contribution in [1.29, 1.82) is 0 Å². The van der Waals surface area contributed by atoms with Crippen molar-refractivity contribution in [2.45, 2.75) is 30.2 Å². The molecule has 0 N–H and O–H groups in total. The Balaban J connectivity index is 1.44. The molecule has 0 amide bonds. The van der Waals surface area contributed by atoms with Crippen LogP contribution in [0.15, 0.2) is 47.6 Å². The van der Waals surface area contributed by atoms with E-state index >= 15 is 0 Å². The standard InChI is InChI=1S/C22H21FN6O2S/c1-30-16-10-11-21(31-2)20(12-16)29-22(24-26-27-29)32-13-18-17-4-3-5-19(17)28(25-18)15-8-6-14(23)7-9-15/h6-12H,3-5,13H2,1-2H3. The van der Waals surface area contributed by atoms with Gasteiger partial charge in [-0.05, 0) is 71.7 Å². The van der Waals surface area contributed by atoms with Crippen LogP contribution in [0.4, 0.5) is 4.39 Å². The third kappa shape index (κ3) is 3.70. The molecule has 0 saturated carbocycles. The van der Waals surface area contributed by atoms with E-state index in [4.69, 9.17) is 14.6 Å². The van der Waals surface area contributed by atoms with Crippen molar-refractivity contribution in [1.82, 2.24) is 30.0 Å². The minimum atomic E-state index is -0.256. The highest BCUT2D eigenvalue weighted by Gasteiger charge is 2.24. The smallest absolute Gasteiger partial charge is 0.214 e. The summed E-state index contributed by atoms with van der Waals surface area (Å²) in [6, 6.07) is 11.9. The van der Waals surface area contributed by atoms with Crippen molar-refractivity contribution in [2.24, 2.45) is 0 Å². The van der Waals surface area contributed by atoms with Crippen LogP contribution >= 0.6 is 11.8 Å². The second kappa shape index (κ2) is 8.62. The SMILES string of the molecule is COc1ccc(OC)c(-n2nnnc2SCc2nn(-c3ccc(F)cc3)c3c2CCC3)c1. The average molecular weight is 453 g/mol. The molecule has 32 heavy (non-hydrogen) atoms. The van der Waals surface area contributed by atoms with Gasteiger partial charge < -0.3 is 9.47 Å². The van der Waals surface area contributed by atoms with Crippen molar-refractivity contribution in [3.05, 3.63) is 65.2 Å². The summed E-state index contributed by atoms with van der Waals surface area (Å²) < 4.78 is 27.8. The van der Waals surface area contributed by atoms with Crippen LogP contribution in [0, 0.1) is 5.82 Å². The number of ether oxygens (including phenoxy) is 2. The van der Waals surface area contributed by atoms with E-state index in [9.17, 15) is 4.39 Å². The Hall–Kier alpha value is -3.40. The molecule has 2 heterocycles. The zero-order valence-corrected chi connectivity index (χ0v) is 18.5. The molecule has 0 aliphatic heterocycles. The van der Waals surface area contributed by atoms with Gasteiger partial charge in [-0.2, -0.15) is 9.78 Å². The zero-order valence-electron chi connectivity index (χ0n) is 17.7. The van der Waals surface area contributed by atoms with Crippen molar-refractivity contribution >= 4 is 11.8 Å². The van der Waals surface area contributed by atoms with Crippen LogP contribution in [-0.4, -0.2) is 44.2 Å². The van der Waals surface area contributed by atoms with E-state index in [1.54, 1.807) is 31.0 Å². The Labute approximate surface area is 188 Å².